The van der Waals surface area contributed by atoms with E-state index < -0.39 is 18.2 Å². The molecule has 4 rings (SSSR count). The van der Waals surface area contributed by atoms with Crippen LogP contribution in [0.5, 0.6) is 11.5 Å². The lowest BCUT2D eigenvalue weighted by molar-refractivity contribution is -0.127. The number of ether oxygens (including phenoxy) is 2. The first-order valence-corrected chi connectivity index (χ1v) is 12.6. The highest BCUT2D eigenvalue weighted by Gasteiger charge is 2.35. The Labute approximate surface area is 216 Å². The van der Waals surface area contributed by atoms with Crippen LogP contribution in [0.4, 0.5) is 8.78 Å². The van der Waals surface area contributed by atoms with Crippen molar-refractivity contribution in [3.63, 3.8) is 0 Å². The number of methoxy groups -OCH3 is 1. The Morgan fingerprint density at radius 2 is 1.78 bits per heavy atom. The van der Waals surface area contributed by atoms with E-state index in [9.17, 15) is 18.4 Å². The maximum Gasteiger partial charge on any atom is 0.387 e. The van der Waals surface area contributed by atoms with E-state index in [0.717, 1.165) is 11.3 Å². The summed E-state index contributed by atoms with van der Waals surface area (Å²) >= 11 is 1.12. The zero-order valence-electron chi connectivity index (χ0n) is 20.9. The third kappa shape index (κ3) is 5.06. The fourth-order valence-corrected chi connectivity index (χ4v) is 5.44. The quantitative estimate of drug-likeness (QED) is 0.448. The van der Waals surface area contributed by atoms with Crippen molar-refractivity contribution in [1.29, 1.82) is 0 Å². The number of para-hydroxylation sites is 2. The number of hydrogen-bond acceptors (Lipinski definition) is 6. The number of allylic oxidation sites excluding steroid dienone is 1. The molecule has 1 atom stereocenters. The number of rotatable bonds is 8. The molecule has 0 N–H and O–H groups in total. The van der Waals surface area contributed by atoms with Crippen LogP contribution in [0, 0.1) is 0 Å². The highest BCUT2D eigenvalue weighted by atomic mass is 32.1. The van der Waals surface area contributed by atoms with E-state index >= 15 is 0 Å². The molecule has 194 valence electrons. The summed E-state index contributed by atoms with van der Waals surface area (Å²) in [7, 11) is 1.53. The molecule has 1 aliphatic rings. The zero-order chi connectivity index (χ0) is 26.7. The van der Waals surface area contributed by atoms with Crippen molar-refractivity contribution in [3.05, 3.63) is 90.6 Å². The van der Waals surface area contributed by atoms with Gasteiger partial charge in [-0.3, -0.25) is 14.2 Å². The van der Waals surface area contributed by atoms with Crippen molar-refractivity contribution >= 4 is 23.3 Å². The molecule has 0 saturated heterocycles. The zero-order valence-corrected chi connectivity index (χ0v) is 21.7. The molecule has 0 aliphatic carbocycles. The Hall–Kier alpha value is -3.79. The first kappa shape index (κ1) is 26.3. The first-order valence-electron chi connectivity index (χ1n) is 11.8. The second-order valence-corrected chi connectivity index (χ2v) is 9.23. The van der Waals surface area contributed by atoms with E-state index in [-0.39, 0.29) is 16.2 Å². The molecule has 1 aliphatic heterocycles. The van der Waals surface area contributed by atoms with Gasteiger partial charge in [-0.25, -0.2) is 4.99 Å². The van der Waals surface area contributed by atoms with E-state index in [2.05, 4.69) is 9.73 Å². The number of carbonyl (C=O) groups excluding carboxylic acids is 1. The van der Waals surface area contributed by atoms with Crippen LogP contribution in [0.1, 0.15) is 37.9 Å². The van der Waals surface area contributed by atoms with E-state index in [1.165, 1.54) is 23.8 Å². The molecule has 7 nitrogen and oxygen atoms in total. The Morgan fingerprint density at radius 1 is 1.14 bits per heavy atom. The van der Waals surface area contributed by atoms with Crippen LogP contribution in [-0.4, -0.2) is 42.2 Å². The normalized spacial score (nSPS) is 15.4. The predicted molar refractivity (Wildman–Crippen MR) is 138 cm³/mol. The Bertz CT molecular complexity index is 1520. The molecule has 37 heavy (non-hydrogen) atoms. The van der Waals surface area contributed by atoms with Crippen LogP contribution in [0.15, 0.2) is 69.6 Å². The fourth-order valence-electron chi connectivity index (χ4n) is 4.41. The minimum Gasteiger partial charge on any atom is -0.496 e. The number of nitrogens with zero attached hydrogens (tertiary/aromatic N) is 3. The lowest BCUT2D eigenvalue weighted by atomic mass is 9.94. The average Bonchev–Trinajstić information content (AvgIpc) is 3.18. The number of hydrogen-bond donors (Lipinski definition) is 0. The summed E-state index contributed by atoms with van der Waals surface area (Å²) in [4.78, 5) is 34.2. The lowest BCUT2D eigenvalue weighted by Crippen LogP contribution is -2.43. The van der Waals surface area contributed by atoms with E-state index in [4.69, 9.17) is 4.74 Å². The van der Waals surface area contributed by atoms with Gasteiger partial charge in [-0.05, 0) is 39.0 Å². The highest BCUT2D eigenvalue weighted by molar-refractivity contribution is 7.07. The lowest BCUT2D eigenvalue weighted by Gasteiger charge is -2.29. The second-order valence-electron chi connectivity index (χ2n) is 8.22. The summed E-state index contributed by atoms with van der Waals surface area (Å²) in [6, 6.07) is 12.7. The third-order valence-corrected chi connectivity index (χ3v) is 7.14. The SMILES string of the molecule is CCN(CC)C(=O)C1=C(C)N=c2s/c(=C\c3ccccc3OC(F)F)c(=O)n2[C@@H]1c1ccccc1OC. The van der Waals surface area contributed by atoms with Crippen LogP contribution in [0.3, 0.4) is 0 Å². The number of aromatic nitrogens is 1. The van der Waals surface area contributed by atoms with Gasteiger partial charge in [0.15, 0.2) is 4.80 Å². The first-order chi connectivity index (χ1) is 17.8. The van der Waals surface area contributed by atoms with Crippen molar-refractivity contribution in [2.24, 2.45) is 4.99 Å². The predicted octanol–water partition coefficient (Wildman–Crippen LogP) is 3.71. The molecule has 0 radical (unpaired) electrons. The molecular formula is C27H27F2N3O4S. The van der Waals surface area contributed by atoms with E-state index in [1.807, 2.05) is 32.0 Å². The average molecular weight is 528 g/mol. The van der Waals surface area contributed by atoms with Gasteiger partial charge in [0.2, 0.25) is 0 Å². The molecule has 0 fully saturated rings. The molecule has 2 heterocycles. The standard InChI is InChI=1S/C27H27F2N3O4S/c1-5-31(6-2)25(34)22-16(3)30-27-32(23(22)18-12-8-10-14-20(18)35-4)24(33)21(37-27)15-17-11-7-9-13-19(17)36-26(28)29/h7-15,23,26H,5-6H2,1-4H3/b21-15-/t23-/m1/s1. The summed E-state index contributed by atoms with van der Waals surface area (Å²) in [6.07, 6.45) is 1.51. The molecule has 1 aromatic heterocycles. The molecule has 3 aromatic rings. The highest BCUT2D eigenvalue weighted by Crippen LogP contribution is 2.36. The van der Waals surface area contributed by atoms with Gasteiger partial charge in [0.05, 0.1) is 22.9 Å². The van der Waals surface area contributed by atoms with Crippen molar-refractivity contribution in [2.75, 3.05) is 20.2 Å². The van der Waals surface area contributed by atoms with Crippen molar-refractivity contribution < 1.29 is 23.0 Å². The minimum atomic E-state index is -3.00. The van der Waals surface area contributed by atoms with Gasteiger partial charge in [0, 0.05) is 24.2 Å². The van der Waals surface area contributed by atoms with Crippen LogP contribution in [-0.2, 0) is 4.79 Å². The maximum atomic E-state index is 13.8. The monoisotopic (exact) mass is 527 g/mol. The number of carbonyl (C=O) groups is 1. The molecule has 0 bridgehead atoms. The van der Waals surface area contributed by atoms with Crippen LogP contribution in [0.25, 0.3) is 6.08 Å². The summed E-state index contributed by atoms with van der Waals surface area (Å²) in [6.45, 7) is 3.53. The Balaban J connectivity index is 1.98. The maximum absolute atomic E-state index is 13.8. The van der Waals surface area contributed by atoms with E-state index in [1.54, 1.807) is 36.1 Å². The largest absolute Gasteiger partial charge is 0.496 e. The molecule has 0 unspecified atom stereocenters. The van der Waals surface area contributed by atoms with Gasteiger partial charge >= 0.3 is 6.61 Å². The van der Waals surface area contributed by atoms with Crippen LogP contribution < -0.4 is 24.4 Å². The van der Waals surface area contributed by atoms with Gasteiger partial charge in [-0.1, -0.05) is 47.7 Å². The summed E-state index contributed by atoms with van der Waals surface area (Å²) in [5.41, 5.74) is 1.46. The number of alkyl halides is 2. The molecule has 0 saturated carbocycles. The molecular weight excluding hydrogens is 500 g/mol. The van der Waals surface area contributed by atoms with E-state index in [0.29, 0.717) is 46.0 Å². The van der Waals surface area contributed by atoms with Crippen LogP contribution in [0.2, 0.25) is 0 Å². The van der Waals surface area contributed by atoms with Gasteiger partial charge in [0.1, 0.15) is 17.5 Å². The van der Waals surface area contributed by atoms with Gasteiger partial charge in [-0.2, -0.15) is 8.78 Å². The Morgan fingerprint density at radius 3 is 2.43 bits per heavy atom. The Kier molecular flexibility index (Phi) is 7.87. The number of thiazole rings is 1. The number of amides is 1. The summed E-state index contributed by atoms with van der Waals surface area (Å²) in [5, 5.41) is 0. The summed E-state index contributed by atoms with van der Waals surface area (Å²) in [5.74, 6) is 0.266. The number of halogens is 2. The third-order valence-electron chi connectivity index (χ3n) is 6.16. The fraction of sp³-hybridized carbons (Fsp3) is 0.296. The molecule has 10 heteroatoms. The minimum absolute atomic E-state index is 0.0433. The second kappa shape index (κ2) is 11.1. The number of benzene rings is 2. The van der Waals surface area contributed by atoms with Crippen molar-refractivity contribution in [3.8, 4) is 11.5 Å². The molecule has 0 spiro atoms. The molecule has 1 amide bonds. The number of likely N-dealkylation sites (N-methyl/N-ethyl adjacent to an activating group) is 1. The number of fused-ring (bicyclic) bond motifs is 1. The smallest absolute Gasteiger partial charge is 0.387 e. The van der Waals surface area contributed by atoms with Crippen molar-refractivity contribution in [1.82, 2.24) is 9.47 Å². The summed E-state index contributed by atoms with van der Waals surface area (Å²) < 4.78 is 37.8. The van der Waals surface area contributed by atoms with Gasteiger partial charge in [0.25, 0.3) is 11.5 Å². The van der Waals surface area contributed by atoms with Gasteiger partial charge < -0.3 is 14.4 Å². The van der Waals surface area contributed by atoms with Crippen LogP contribution >= 0.6 is 11.3 Å². The van der Waals surface area contributed by atoms with Gasteiger partial charge in [-0.15, -0.1) is 0 Å². The van der Waals surface area contributed by atoms with Crippen molar-refractivity contribution in [2.45, 2.75) is 33.4 Å². The molecule has 2 aromatic carbocycles. The topological polar surface area (TPSA) is 73.1 Å².